The molecular formula is C20H27N3O. The highest BCUT2D eigenvalue weighted by Crippen LogP contribution is 2.64. The highest BCUT2D eigenvalue weighted by Gasteiger charge is 2.62. The number of amides is 1. The number of imidazole rings is 1. The Morgan fingerprint density at radius 2 is 1.96 bits per heavy atom. The molecule has 0 aliphatic heterocycles. The Bertz CT molecular complexity index is 719. The van der Waals surface area contributed by atoms with Crippen LogP contribution in [0.2, 0.25) is 0 Å². The highest BCUT2D eigenvalue weighted by molar-refractivity contribution is 5.76. The van der Waals surface area contributed by atoms with Crippen LogP contribution in [0.1, 0.15) is 38.1 Å². The fraction of sp³-hybridized carbons (Fsp3) is 0.500. The first kappa shape index (κ1) is 16.7. The van der Waals surface area contributed by atoms with Gasteiger partial charge in [0.25, 0.3) is 0 Å². The van der Waals surface area contributed by atoms with Crippen LogP contribution in [0.5, 0.6) is 0 Å². The average Bonchev–Trinajstić information content (AvgIpc) is 2.89. The molecule has 0 radical (unpaired) electrons. The maximum Gasteiger partial charge on any atom is 0.224 e. The number of nitrogens with zero attached hydrogens (tertiary/aromatic N) is 3. The molecule has 1 aromatic heterocycles. The van der Waals surface area contributed by atoms with Crippen molar-refractivity contribution >= 4 is 5.91 Å². The van der Waals surface area contributed by atoms with Crippen LogP contribution in [0.4, 0.5) is 0 Å². The normalized spacial score (nSPS) is 21.5. The Kier molecular flexibility index (Phi) is 4.24. The van der Waals surface area contributed by atoms with E-state index < -0.39 is 0 Å². The molecule has 0 saturated heterocycles. The van der Waals surface area contributed by atoms with Crippen LogP contribution in [0.15, 0.2) is 42.7 Å². The molecule has 1 aromatic carbocycles. The van der Waals surface area contributed by atoms with Crippen molar-refractivity contribution in [3.63, 3.8) is 0 Å². The molecule has 0 bridgehead atoms. The Labute approximate surface area is 144 Å². The molecule has 3 rings (SSSR count). The Hall–Kier alpha value is -2.10. The Morgan fingerprint density at radius 3 is 2.50 bits per heavy atom. The monoisotopic (exact) mass is 325 g/mol. The van der Waals surface area contributed by atoms with Gasteiger partial charge in [0.2, 0.25) is 5.91 Å². The predicted molar refractivity (Wildman–Crippen MR) is 95.7 cm³/mol. The molecule has 4 heteroatoms. The van der Waals surface area contributed by atoms with Gasteiger partial charge in [-0.1, -0.05) is 44.2 Å². The number of benzene rings is 1. The van der Waals surface area contributed by atoms with Crippen molar-refractivity contribution in [2.75, 3.05) is 13.6 Å². The van der Waals surface area contributed by atoms with E-state index in [1.165, 1.54) is 5.56 Å². The number of aryl methyl sites for hydroxylation is 2. The molecule has 0 unspecified atom stereocenters. The van der Waals surface area contributed by atoms with Gasteiger partial charge in [0.15, 0.2) is 0 Å². The van der Waals surface area contributed by atoms with Crippen molar-refractivity contribution in [1.29, 1.82) is 0 Å². The summed E-state index contributed by atoms with van der Waals surface area (Å²) in [5.41, 5.74) is 1.67. The van der Waals surface area contributed by atoms with Gasteiger partial charge in [0, 0.05) is 44.4 Å². The Morgan fingerprint density at radius 1 is 1.29 bits per heavy atom. The van der Waals surface area contributed by atoms with Gasteiger partial charge >= 0.3 is 0 Å². The van der Waals surface area contributed by atoms with Crippen LogP contribution in [-0.4, -0.2) is 34.0 Å². The van der Waals surface area contributed by atoms with Crippen LogP contribution in [0.25, 0.3) is 0 Å². The second-order valence-corrected chi connectivity index (χ2v) is 7.68. The molecular weight excluding hydrogens is 298 g/mol. The van der Waals surface area contributed by atoms with E-state index in [1.54, 1.807) is 6.20 Å². The van der Waals surface area contributed by atoms with E-state index in [0.29, 0.717) is 13.0 Å². The van der Waals surface area contributed by atoms with Crippen molar-refractivity contribution in [2.24, 2.45) is 5.41 Å². The third kappa shape index (κ3) is 2.97. The summed E-state index contributed by atoms with van der Waals surface area (Å²) in [5.74, 6) is 1.15. The molecule has 1 aliphatic carbocycles. The molecule has 1 saturated carbocycles. The van der Waals surface area contributed by atoms with E-state index in [0.717, 1.165) is 18.8 Å². The fourth-order valence-electron chi connectivity index (χ4n) is 3.86. The van der Waals surface area contributed by atoms with Crippen molar-refractivity contribution in [1.82, 2.24) is 14.5 Å². The average molecular weight is 325 g/mol. The summed E-state index contributed by atoms with van der Waals surface area (Å²) < 4.78 is 2.03. The van der Waals surface area contributed by atoms with Gasteiger partial charge in [-0.25, -0.2) is 4.98 Å². The molecule has 2 aromatic rings. The number of carbonyl (C=O) groups is 1. The minimum Gasteiger partial charge on any atom is -0.345 e. The second kappa shape index (κ2) is 6.08. The lowest BCUT2D eigenvalue weighted by Gasteiger charge is -2.28. The summed E-state index contributed by atoms with van der Waals surface area (Å²) in [6, 6.07) is 10.6. The van der Waals surface area contributed by atoms with Gasteiger partial charge in [-0.2, -0.15) is 0 Å². The van der Waals surface area contributed by atoms with E-state index in [2.05, 4.69) is 49.2 Å². The van der Waals surface area contributed by atoms with Gasteiger partial charge < -0.3 is 9.47 Å². The molecule has 0 spiro atoms. The number of rotatable bonds is 6. The maximum absolute atomic E-state index is 12.6. The summed E-state index contributed by atoms with van der Waals surface area (Å²) >= 11 is 0. The number of hydrogen-bond donors (Lipinski definition) is 0. The van der Waals surface area contributed by atoms with Crippen molar-refractivity contribution in [3.8, 4) is 0 Å². The minimum atomic E-state index is 0.0869. The largest absolute Gasteiger partial charge is 0.345 e. The lowest BCUT2D eigenvalue weighted by Crippen LogP contribution is -2.37. The van der Waals surface area contributed by atoms with Crippen LogP contribution in [0.3, 0.4) is 0 Å². The van der Waals surface area contributed by atoms with E-state index in [-0.39, 0.29) is 16.7 Å². The SMILES string of the molecule is Cc1nccn1CCC(=O)N(C)C[C@@]1(c2ccccc2)CC1(C)C. The van der Waals surface area contributed by atoms with E-state index in [1.807, 2.05) is 29.6 Å². The lowest BCUT2D eigenvalue weighted by molar-refractivity contribution is -0.130. The number of aromatic nitrogens is 2. The minimum absolute atomic E-state index is 0.0869. The molecule has 24 heavy (non-hydrogen) atoms. The highest BCUT2D eigenvalue weighted by atomic mass is 16.2. The fourth-order valence-corrected chi connectivity index (χ4v) is 3.86. The van der Waals surface area contributed by atoms with Crippen LogP contribution >= 0.6 is 0 Å². The molecule has 1 atom stereocenters. The first-order valence-electron chi connectivity index (χ1n) is 8.63. The zero-order valence-electron chi connectivity index (χ0n) is 15.1. The standard InChI is InChI=1S/C20H27N3O/c1-16-21-11-13-23(16)12-10-18(24)22(4)15-20(14-19(20,2)3)17-8-6-5-7-9-17/h5-9,11,13H,10,12,14-15H2,1-4H3/t20-/m1/s1. The molecule has 4 nitrogen and oxygen atoms in total. The van der Waals surface area contributed by atoms with Gasteiger partial charge in [-0.05, 0) is 24.3 Å². The zero-order chi connectivity index (χ0) is 17.4. The second-order valence-electron chi connectivity index (χ2n) is 7.68. The van der Waals surface area contributed by atoms with Gasteiger partial charge in [-0.3, -0.25) is 4.79 Å². The number of hydrogen-bond acceptors (Lipinski definition) is 2. The maximum atomic E-state index is 12.6. The van der Waals surface area contributed by atoms with Crippen LogP contribution in [-0.2, 0) is 16.8 Å². The molecule has 128 valence electrons. The lowest BCUT2D eigenvalue weighted by atomic mass is 9.87. The van der Waals surface area contributed by atoms with E-state index in [4.69, 9.17) is 0 Å². The van der Waals surface area contributed by atoms with Gasteiger partial charge in [0.05, 0.1) is 0 Å². The first-order chi connectivity index (χ1) is 11.4. The van der Waals surface area contributed by atoms with E-state index >= 15 is 0 Å². The summed E-state index contributed by atoms with van der Waals surface area (Å²) in [4.78, 5) is 18.7. The molecule has 0 N–H and O–H groups in total. The molecule has 1 aliphatic rings. The van der Waals surface area contributed by atoms with Gasteiger partial charge in [0.1, 0.15) is 5.82 Å². The summed E-state index contributed by atoms with van der Waals surface area (Å²) in [7, 11) is 1.93. The summed E-state index contributed by atoms with van der Waals surface area (Å²) in [5, 5.41) is 0. The summed E-state index contributed by atoms with van der Waals surface area (Å²) in [6.07, 6.45) is 5.35. The van der Waals surface area contributed by atoms with Crippen molar-refractivity contribution < 1.29 is 4.79 Å². The smallest absolute Gasteiger partial charge is 0.224 e. The van der Waals surface area contributed by atoms with Crippen molar-refractivity contribution in [3.05, 3.63) is 54.1 Å². The van der Waals surface area contributed by atoms with E-state index in [9.17, 15) is 4.79 Å². The summed E-state index contributed by atoms with van der Waals surface area (Å²) in [6.45, 7) is 8.04. The van der Waals surface area contributed by atoms with Crippen LogP contribution in [0, 0.1) is 12.3 Å². The molecule has 1 amide bonds. The predicted octanol–water partition coefficient (Wildman–Crippen LogP) is 3.41. The molecule has 1 fully saturated rings. The van der Waals surface area contributed by atoms with Crippen LogP contribution < -0.4 is 0 Å². The number of likely N-dealkylation sites (N-methyl/N-ethyl adjacent to an activating group) is 1. The topological polar surface area (TPSA) is 38.1 Å². The first-order valence-corrected chi connectivity index (χ1v) is 8.63. The third-order valence-corrected chi connectivity index (χ3v) is 5.66. The van der Waals surface area contributed by atoms with Crippen molar-refractivity contribution in [2.45, 2.75) is 45.6 Å². The molecule has 1 heterocycles. The Balaban J connectivity index is 1.66. The quantitative estimate of drug-likeness (QED) is 0.816. The zero-order valence-corrected chi connectivity index (χ0v) is 15.1. The van der Waals surface area contributed by atoms with Gasteiger partial charge in [-0.15, -0.1) is 0 Å². The number of carbonyl (C=O) groups excluding carboxylic acids is 1. The third-order valence-electron chi connectivity index (χ3n) is 5.66.